The molecule has 90 valence electrons. The van der Waals surface area contributed by atoms with Gasteiger partial charge in [0.15, 0.2) is 0 Å². The van der Waals surface area contributed by atoms with E-state index in [2.05, 4.69) is 42.7 Å². The second kappa shape index (κ2) is 4.92. The van der Waals surface area contributed by atoms with Crippen LogP contribution in [0.15, 0.2) is 22.1 Å². The van der Waals surface area contributed by atoms with E-state index in [0.29, 0.717) is 5.92 Å². The Labute approximate surface area is 113 Å². The highest BCUT2D eigenvalue weighted by Crippen LogP contribution is 2.30. The number of thiophene rings is 1. The third-order valence-corrected chi connectivity index (χ3v) is 4.88. The van der Waals surface area contributed by atoms with Crippen molar-refractivity contribution in [2.75, 3.05) is 13.1 Å². The van der Waals surface area contributed by atoms with Gasteiger partial charge in [-0.3, -0.25) is 0 Å². The van der Waals surface area contributed by atoms with Gasteiger partial charge < -0.3 is 10.3 Å². The summed E-state index contributed by atoms with van der Waals surface area (Å²) in [5, 5.41) is 5.48. The Bertz CT molecular complexity index is 499. The van der Waals surface area contributed by atoms with E-state index in [-0.39, 0.29) is 0 Å². The number of nitrogens with zero attached hydrogens (tertiary/aromatic N) is 1. The lowest BCUT2D eigenvalue weighted by Crippen LogP contribution is -2.27. The monoisotopic (exact) mass is 311 g/mol. The van der Waals surface area contributed by atoms with Crippen molar-refractivity contribution in [1.82, 2.24) is 15.3 Å². The standard InChI is InChI=1S/C12H14BrN3S/c13-9-5-11(17-7-9)10-6-15-12(16-10)8-1-3-14-4-2-8/h5-8,14H,1-4H2,(H,15,16). The summed E-state index contributed by atoms with van der Waals surface area (Å²) in [6, 6.07) is 2.13. The quantitative estimate of drug-likeness (QED) is 0.892. The Morgan fingerprint density at radius 3 is 2.88 bits per heavy atom. The molecular weight excluding hydrogens is 298 g/mol. The molecule has 0 aliphatic carbocycles. The van der Waals surface area contributed by atoms with Crippen LogP contribution >= 0.6 is 27.3 Å². The molecule has 5 heteroatoms. The summed E-state index contributed by atoms with van der Waals surface area (Å²) in [6.45, 7) is 2.20. The van der Waals surface area contributed by atoms with Crippen molar-refractivity contribution < 1.29 is 0 Å². The fraction of sp³-hybridized carbons (Fsp3) is 0.417. The predicted molar refractivity (Wildman–Crippen MR) is 74.4 cm³/mol. The molecule has 3 heterocycles. The van der Waals surface area contributed by atoms with Crippen LogP contribution in [0, 0.1) is 0 Å². The number of piperidine rings is 1. The molecule has 0 bridgehead atoms. The topological polar surface area (TPSA) is 40.7 Å². The molecule has 0 unspecified atom stereocenters. The average molecular weight is 312 g/mol. The van der Waals surface area contributed by atoms with Gasteiger partial charge in [-0.2, -0.15) is 0 Å². The second-order valence-corrected chi connectivity index (χ2v) is 6.16. The summed E-state index contributed by atoms with van der Waals surface area (Å²) >= 11 is 5.21. The smallest absolute Gasteiger partial charge is 0.109 e. The summed E-state index contributed by atoms with van der Waals surface area (Å²) < 4.78 is 1.13. The van der Waals surface area contributed by atoms with E-state index < -0.39 is 0 Å². The van der Waals surface area contributed by atoms with Crippen LogP contribution in [0.25, 0.3) is 10.6 Å². The number of aromatic amines is 1. The molecule has 17 heavy (non-hydrogen) atoms. The summed E-state index contributed by atoms with van der Waals surface area (Å²) in [4.78, 5) is 9.24. The van der Waals surface area contributed by atoms with E-state index in [1.54, 1.807) is 11.3 Å². The first-order chi connectivity index (χ1) is 8.33. The van der Waals surface area contributed by atoms with E-state index in [1.165, 1.54) is 17.7 Å². The molecule has 0 radical (unpaired) electrons. The summed E-state index contributed by atoms with van der Waals surface area (Å²) in [5.74, 6) is 1.74. The number of aromatic nitrogens is 2. The first-order valence-electron chi connectivity index (χ1n) is 5.83. The van der Waals surface area contributed by atoms with E-state index in [9.17, 15) is 0 Å². The van der Waals surface area contributed by atoms with E-state index in [4.69, 9.17) is 0 Å². The zero-order chi connectivity index (χ0) is 11.7. The van der Waals surface area contributed by atoms with Crippen LogP contribution in [0.4, 0.5) is 0 Å². The fourth-order valence-corrected chi connectivity index (χ4v) is 3.61. The van der Waals surface area contributed by atoms with Gasteiger partial charge in [0, 0.05) is 15.8 Å². The molecule has 0 saturated carbocycles. The summed E-state index contributed by atoms with van der Waals surface area (Å²) in [6.07, 6.45) is 4.32. The van der Waals surface area contributed by atoms with Crippen LogP contribution in [0.1, 0.15) is 24.6 Å². The number of nitrogens with one attached hydrogen (secondary N) is 2. The van der Waals surface area contributed by atoms with Crippen LogP contribution < -0.4 is 5.32 Å². The van der Waals surface area contributed by atoms with E-state index in [1.807, 2.05) is 6.20 Å². The second-order valence-electron chi connectivity index (χ2n) is 4.34. The summed E-state index contributed by atoms with van der Waals surface area (Å²) in [7, 11) is 0. The van der Waals surface area contributed by atoms with Crippen molar-refractivity contribution in [2.45, 2.75) is 18.8 Å². The molecule has 0 aromatic carbocycles. The Morgan fingerprint density at radius 1 is 1.35 bits per heavy atom. The molecule has 0 amide bonds. The van der Waals surface area contributed by atoms with Gasteiger partial charge in [0.25, 0.3) is 0 Å². The molecule has 3 rings (SSSR count). The number of rotatable bonds is 2. The molecule has 2 N–H and O–H groups in total. The molecule has 2 aromatic heterocycles. The SMILES string of the molecule is Brc1csc(-c2cnc(C3CCNCC3)[nH]2)c1. The van der Waals surface area contributed by atoms with Gasteiger partial charge in [-0.25, -0.2) is 4.98 Å². The van der Waals surface area contributed by atoms with Gasteiger partial charge in [-0.05, 0) is 47.9 Å². The Balaban J connectivity index is 1.82. The molecule has 1 aliphatic rings. The van der Waals surface area contributed by atoms with Crippen LogP contribution in [-0.4, -0.2) is 23.1 Å². The average Bonchev–Trinajstić information content (AvgIpc) is 2.98. The van der Waals surface area contributed by atoms with Crippen molar-refractivity contribution in [3.05, 3.63) is 27.9 Å². The third kappa shape index (κ3) is 2.46. The lowest BCUT2D eigenvalue weighted by Gasteiger charge is -2.20. The zero-order valence-corrected chi connectivity index (χ0v) is 11.8. The maximum absolute atomic E-state index is 4.53. The predicted octanol–water partition coefficient (Wildman–Crippen LogP) is 3.37. The molecule has 1 saturated heterocycles. The number of hydrogen-bond acceptors (Lipinski definition) is 3. The largest absolute Gasteiger partial charge is 0.341 e. The minimum Gasteiger partial charge on any atom is -0.341 e. The molecular formula is C12H14BrN3S. The number of H-pyrrole nitrogens is 1. The van der Waals surface area contributed by atoms with E-state index >= 15 is 0 Å². The highest BCUT2D eigenvalue weighted by molar-refractivity contribution is 9.10. The molecule has 3 nitrogen and oxygen atoms in total. The van der Waals surface area contributed by atoms with Crippen molar-refractivity contribution in [3.63, 3.8) is 0 Å². The molecule has 2 aromatic rings. The molecule has 1 aliphatic heterocycles. The molecule has 1 fully saturated rings. The van der Waals surface area contributed by atoms with Crippen molar-refractivity contribution >= 4 is 27.3 Å². The van der Waals surface area contributed by atoms with Crippen molar-refractivity contribution in [2.24, 2.45) is 0 Å². The van der Waals surface area contributed by atoms with Crippen molar-refractivity contribution in [1.29, 1.82) is 0 Å². The normalized spacial score (nSPS) is 17.5. The number of halogens is 1. The maximum Gasteiger partial charge on any atom is 0.109 e. The molecule has 0 spiro atoms. The zero-order valence-electron chi connectivity index (χ0n) is 9.37. The van der Waals surface area contributed by atoms with Crippen LogP contribution in [0.5, 0.6) is 0 Å². The maximum atomic E-state index is 4.53. The van der Waals surface area contributed by atoms with E-state index in [0.717, 1.165) is 29.1 Å². The number of hydrogen-bond donors (Lipinski definition) is 2. The Hall–Kier alpha value is -0.650. The van der Waals surface area contributed by atoms with Gasteiger partial charge >= 0.3 is 0 Å². The van der Waals surface area contributed by atoms with Gasteiger partial charge in [-0.15, -0.1) is 11.3 Å². The minimum atomic E-state index is 0.591. The van der Waals surface area contributed by atoms with Crippen LogP contribution in [0.3, 0.4) is 0 Å². The minimum absolute atomic E-state index is 0.591. The Morgan fingerprint density at radius 2 is 2.18 bits per heavy atom. The van der Waals surface area contributed by atoms with Gasteiger partial charge in [0.1, 0.15) is 5.82 Å². The Kier molecular flexibility index (Phi) is 3.31. The fourth-order valence-electron chi connectivity index (χ4n) is 2.22. The summed E-state index contributed by atoms with van der Waals surface area (Å²) in [5.41, 5.74) is 1.13. The van der Waals surface area contributed by atoms with Gasteiger partial charge in [0.05, 0.1) is 16.8 Å². The molecule has 0 atom stereocenters. The first-order valence-corrected chi connectivity index (χ1v) is 7.50. The highest BCUT2D eigenvalue weighted by atomic mass is 79.9. The first kappa shape index (κ1) is 11.4. The van der Waals surface area contributed by atoms with Crippen LogP contribution in [0.2, 0.25) is 0 Å². The van der Waals surface area contributed by atoms with Crippen molar-refractivity contribution in [3.8, 4) is 10.6 Å². The van der Waals surface area contributed by atoms with Gasteiger partial charge in [0.2, 0.25) is 0 Å². The lowest BCUT2D eigenvalue weighted by molar-refractivity contribution is 0.447. The van der Waals surface area contributed by atoms with Gasteiger partial charge in [-0.1, -0.05) is 0 Å². The highest BCUT2D eigenvalue weighted by Gasteiger charge is 2.18. The number of imidazole rings is 1. The van der Waals surface area contributed by atoms with Crippen LogP contribution in [-0.2, 0) is 0 Å². The lowest BCUT2D eigenvalue weighted by atomic mass is 9.98. The third-order valence-electron chi connectivity index (χ3n) is 3.15.